The molecule has 27 heavy (non-hydrogen) atoms. The van der Waals surface area contributed by atoms with E-state index in [1.165, 1.54) is 0 Å². The molecule has 6 nitrogen and oxygen atoms in total. The molecule has 0 bridgehead atoms. The van der Waals surface area contributed by atoms with Crippen LogP contribution in [0.5, 0.6) is 5.75 Å². The van der Waals surface area contributed by atoms with Crippen molar-refractivity contribution in [3.05, 3.63) is 78.1 Å². The predicted molar refractivity (Wildman–Crippen MR) is 104 cm³/mol. The van der Waals surface area contributed by atoms with Crippen LogP contribution >= 0.6 is 0 Å². The molecule has 0 saturated carbocycles. The first-order valence-corrected chi connectivity index (χ1v) is 8.46. The molecule has 0 unspecified atom stereocenters. The third kappa shape index (κ3) is 4.61. The number of pyridine rings is 1. The molecule has 0 saturated heterocycles. The van der Waals surface area contributed by atoms with Gasteiger partial charge in [0, 0.05) is 5.69 Å². The van der Waals surface area contributed by atoms with Crippen LogP contribution in [0.1, 0.15) is 23.0 Å². The molecule has 1 heterocycles. The van der Waals surface area contributed by atoms with Crippen molar-refractivity contribution < 1.29 is 9.53 Å². The molecule has 2 aromatic carbocycles. The van der Waals surface area contributed by atoms with E-state index in [4.69, 9.17) is 10.00 Å². The number of ether oxygens (including phenoxy) is 1. The van der Waals surface area contributed by atoms with E-state index in [9.17, 15) is 4.79 Å². The molecular weight excluding hydrogens is 340 g/mol. The molecule has 0 atom stereocenters. The average Bonchev–Trinajstić information content (AvgIpc) is 2.70. The monoisotopic (exact) mass is 358 g/mol. The molecule has 3 rings (SSSR count). The number of nitrogens with zero attached hydrogens (tertiary/aromatic N) is 2. The van der Waals surface area contributed by atoms with Crippen molar-refractivity contribution in [3.63, 3.8) is 0 Å². The molecule has 0 aliphatic heterocycles. The summed E-state index contributed by atoms with van der Waals surface area (Å²) in [5.74, 6) is 0.449. The first-order valence-electron chi connectivity index (χ1n) is 8.46. The fraction of sp³-hybridized carbons (Fsp3) is 0.0952. The van der Waals surface area contributed by atoms with Gasteiger partial charge in [-0.25, -0.2) is 4.98 Å². The summed E-state index contributed by atoms with van der Waals surface area (Å²) in [6, 6.07) is 19.8. The van der Waals surface area contributed by atoms with Crippen molar-refractivity contribution >= 4 is 23.0 Å². The van der Waals surface area contributed by atoms with Gasteiger partial charge >= 0.3 is 0 Å². The number of carbonyl (C=O) groups excluding carboxylic acids is 1. The van der Waals surface area contributed by atoms with Gasteiger partial charge in [-0.2, -0.15) is 5.26 Å². The number of nitriles is 1. The first kappa shape index (κ1) is 18.0. The topological polar surface area (TPSA) is 87.0 Å². The second kappa shape index (κ2) is 8.50. The van der Waals surface area contributed by atoms with Gasteiger partial charge in [-0.3, -0.25) is 4.79 Å². The second-order valence-electron chi connectivity index (χ2n) is 5.63. The van der Waals surface area contributed by atoms with Gasteiger partial charge in [0.1, 0.15) is 17.5 Å². The van der Waals surface area contributed by atoms with E-state index in [2.05, 4.69) is 21.7 Å². The van der Waals surface area contributed by atoms with Gasteiger partial charge in [0.05, 0.1) is 29.7 Å². The number of amides is 1. The molecule has 0 aliphatic carbocycles. The highest BCUT2D eigenvalue weighted by atomic mass is 16.5. The number of hydrogen-bond acceptors (Lipinski definition) is 5. The predicted octanol–water partition coefficient (Wildman–Crippen LogP) is 4.35. The lowest BCUT2D eigenvalue weighted by atomic mass is 10.2. The molecule has 1 aromatic heterocycles. The van der Waals surface area contributed by atoms with Gasteiger partial charge in [0.15, 0.2) is 0 Å². The Hall–Kier alpha value is -3.85. The minimum atomic E-state index is -0.303. The average molecular weight is 358 g/mol. The zero-order valence-electron chi connectivity index (χ0n) is 14.8. The van der Waals surface area contributed by atoms with Gasteiger partial charge < -0.3 is 15.4 Å². The highest BCUT2D eigenvalue weighted by Crippen LogP contribution is 2.20. The Balaban J connectivity index is 1.66. The molecule has 3 aromatic rings. The number of para-hydroxylation sites is 1. The lowest BCUT2D eigenvalue weighted by molar-refractivity contribution is 0.102. The van der Waals surface area contributed by atoms with Crippen molar-refractivity contribution in [2.45, 2.75) is 6.92 Å². The molecule has 0 spiro atoms. The minimum absolute atomic E-state index is 0.294. The molecule has 1 amide bonds. The maximum Gasteiger partial charge on any atom is 0.274 e. The Morgan fingerprint density at radius 3 is 2.48 bits per heavy atom. The molecule has 6 heteroatoms. The van der Waals surface area contributed by atoms with Gasteiger partial charge in [0.2, 0.25) is 0 Å². The lowest BCUT2D eigenvalue weighted by Gasteiger charge is -2.09. The molecule has 2 N–H and O–H groups in total. The van der Waals surface area contributed by atoms with Crippen LogP contribution in [-0.2, 0) is 0 Å². The fourth-order valence-electron chi connectivity index (χ4n) is 2.44. The van der Waals surface area contributed by atoms with Crippen molar-refractivity contribution in [2.75, 3.05) is 17.2 Å². The van der Waals surface area contributed by atoms with Crippen LogP contribution in [0.15, 0.2) is 66.9 Å². The Bertz CT molecular complexity index is 961. The first-order chi connectivity index (χ1) is 13.2. The van der Waals surface area contributed by atoms with Crippen molar-refractivity contribution in [3.8, 4) is 11.8 Å². The summed E-state index contributed by atoms with van der Waals surface area (Å²) < 4.78 is 5.38. The highest BCUT2D eigenvalue weighted by Gasteiger charge is 2.08. The summed E-state index contributed by atoms with van der Waals surface area (Å²) in [4.78, 5) is 16.5. The maximum absolute atomic E-state index is 12.3. The van der Waals surface area contributed by atoms with Gasteiger partial charge in [-0.05, 0) is 55.5 Å². The van der Waals surface area contributed by atoms with Crippen LogP contribution in [-0.4, -0.2) is 17.5 Å². The fourth-order valence-corrected chi connectivity index (χ4v) is 2.44. The SMILES string of the molecule is CCOc1ccc(NC(=O)c2ccc(Nc3ccccc3C#N)cn2)cc1. The molecular formula is C21H18N4O2. The number of benzene rings is 2. The number of carbonyl (C=O) groups is 1. The standard InChI is InChI=1S/C21H18N4O2/c1-2-27-18-10-7-16(8-11-18)25-21(26)20-12-9-17(14-23-20)24-19-6-4-3-5-15(19)13-22/h3-12,14,24H,2H2,1H3,(H,25,26). The highest BCUT2D eigenvalue weighted by molar-refractivity contribution is 6.03. The molecule has 0 fully saturated rings. The summed E-state index contributed by atoms with van der Waals surface area (Å²) in [5.41, 5.74) is 2.87. The van der Waals surface area contributed by atoms with Gasteiger partial charge in [-0.1, -0.05) is 12.1 Å². The van der Waals surface area contributed by atoms with Crippen LogP contribution in [0.4, 0.5) is 17.1 Å². The van der Waals surface area contributed by atoms with Crippen molar-refractivity contribution in [2.24, 2.45) is 0 Å². The lowest BCUT2D eigenvalue weighted by Crippen LogP contribution is -2.13. The van der Waals surface area contributed by atoms with E-state index < -0.39 is 0 Å². The Kier molecular flexibility index (Phi) is 5.65. The summed E-state index contributed by atoms with van der Waals surface area (Å²) in [5, 5.41) is 15.1. The van der Waals surface area contributed by atoms with Crippen molar-refractivity contribution in [1.29, 1.82) is 5.26 Å². The zero-order valence-corrected chi connectivity index (χ0v) is 14.8. The summed E-state index contributed by atoms with van der Waals surface area (Å²) in [6.07, 6.45) is 1.56. The third-order valence-corrected chi connectivity index (χ3v) is 3.75. The van der Waals surface area contributed by atoms with Crippen LogP contribution in [0.2, 0.25) is 0 Å². The van der Waals surface area contributed by atoms with Gasteiger partial charge in [-0.15, -0.1) is 0 Å². The molecule has 0 radical (unpaired) electrons. The Morgan fingerprint density at radius 1 is 1.07 bits per heavy atom. The van der Waals surface area contributed by atoms with E-state index >= 15 is 0 Å². The largest absolute Gasteiger partial charge is 0.494 e. The smallest absolute Gasteiger partial charge is 0.274 e. The van der Waals surface area contributed by atoms with E-state index in [0.29, 0.717) is 34.9 Å². The van der Waals surface area contributed by atoms with Gasteiger partial charge in [0.25, 0.3) is 5.91 Å². The Labute approximate surface area is 157 Å². The number of nitrogens with one attached hydrogen (secondary N) is 2. The van der Waals surface area contributed by atoms with Crippen LogP contribution in [0.3, 0.4) is 0 Å². The summed E-state index contributed by atoms with van der Waals surface area (Å²) >= 11 is 0. The van der Waals surface area contributed by atoms with Crippen LogP contribution in [0.25, 0.3) is 0 Å². The zero-order chi connectivity index (χ0) is 19.1. The number of anilines is 3. The summed E-state index contributed by atoms with van der Waals surface area (Å²) in [6.45, 7) is 2.51. The van der Waals surface area contributed by atoms with E-state index in [1.54, 1.807) is 54.7 Å². The Morgan fingerprint density at radius 2 is 1.81 bits per heavy atom. The van der Waals surface area contributed by atoms with Crippen LogP contribution < -0.4 is 15.4 Å². The quantitative estimate of drug-likeness (QED) is 0.684. The van der Waals surface area contributed by atoms with E-state index in [1.807, 2.05) is 19.1 Å². The third-order valence-electron chi connectivity index (χ3n) is 3.75. The normalized spacial score (nSPS) is 9.93. The van der Waals surface area contributed by atoms with E-state index in [-0.39, 0.29) is 5.91 Å². The maximum atomic E-state index is 12.3. The number of hydrogen-bond donors (Lipinski definition) is 2. The second-order valence-corrected chi connectivity index (χ2v) is 5.63. The van der Waals surface area contributed by atoms with Crippen LogP contribution in [0, 0.1) is 11.3 Å². The molecule has 0 aliphatic rings. The molecule has 134 valence electrons. The van der Waals surface area contributed by atoms with E-state index in [0.717, 1.165) is 5.75 Å². The number of rotatable bonds is 6. The van der Waals surface area contributed by atoms with Crippen molar-refractivity contribution in [1.82, 2.24) is 4.98 Å². The number of aromatic nitrogens is 1. The summed E-state index contributed by atoms with van der Waals surface area (Å²) in [7, 11) is 0. The minimum Gasteiger partial charge on any atom is -0.494 e.